The summed E-state index contributed by atoms with van der Waals surface area (Å²) in [6, 6.07) is 0. The molecule has 0 aromatic rings. The summed E-state index contributed by atoms with van der Waals surface area (Å²) in [4.78, 5) is 42.7. The quantitative estimate of drug-likeness (QED) is 0.146. The van der Waals surface area contributed by atoms with Crippen LogP contribution in [0.5, 0.6) is 0 Å². The first-order valence-electron chi connectivity index (χ1n) is 9.47. The first-order valence-corrected chi connectivity index (χ1v) is 9.47. The molecule has 0 amide bonds. The molecule has 160 valence electrons. The van der Waals surface area contributed by atoms with Crippen molar-refractivity contribution in [2.75, 3.05) is 13.2 Å². The Bertz CT molecular complexity index is 560. The summed E-state index contributed by atoms with van der Waals surface area (Å²) in [6.45, 7) is 1.41. The summed E-state index contributed by atoms with van der Waals surface area (Å²) in [5, 5.41) is 19.4. The van der Waals surface area contributed by atoms with E-state index in [0.717, 1.165) is 32.1 Å². The molecule has 28 heavy (non-hydrogen) atoms. The van der Waals surface area contributed by atoms with Crippen LogP contribution in [0.15, 0.2) is 0 Å². The summed E-state index contributed by atoms with van der Waals surface area (Å²) >= 11 is 0. The Morgan fingerprint density at radius 3 is 2.39 bits per heavy atom. The molecule has 0 aromatic carbocycles. The van der Waals surface area contributed by atoms with Crippen LogP contribution >= 0.6 is 0 Å². The van der Waals surface area contributed by atoms with Gasteiger partial charge in [0.15, 0.2) is 12.2 Å². The number of unbranched alkanes of at least 4 members (excludes halogenated alkanes) is 6. The van der Waals surface area contributed by atoms with Crippen molar-refractivity contribution in [3.63, 3.8) is 0 Å². The minimum absolute atomic E-state index is 0.0722. The SMILES string of the molecule is CCCCCCCCCC(=O)O[C@@]1(O[N+](=O)[O-])CO[C@@H]2[C@H](O[N+](=O)[O-])CO[C@@H]21. The first-order chi connectivity index (χ1) is 13.4. The zero-order valence-corrected chi connectivity index (χ0v) is 15.8. The van der Waals surface area contributed by atoms with Crippen molar-refractivity contribution in [1.29, 1.82) is 0 Å². The second kappa shape index (κ2) is 10.4. The number of esters is 1. The third kappa shape index (κ3) is 5.89. The molecule has 0 radical (unpaired) electrons. The third-order valence-corrected chi connectivity index (χ3v) is 4.74. The molecule has 0 bridgehead atoms. The van der Waals surface area contributed by atoms with Gasteiger partial charge < -0.3 is 19.0 Å². The number of rotatable bonds is 13. The number of ether oxygens (including phenoxy) is 3. The molecule has 2 aliphatic heterocycles. The van der Waals surface area contributed by atoms with Crippen LogP contribution in [0.3, 0.4) is 0 Å². The molecule has 12 nitrogen and oxygen atoms in total. The molecule has 2 rings (SSSR count). The van der Waals surface area contributed by atoms with E-state index in [1.54, 1.807) is 0 Å². The molecule has 0 aromatic heterocycles. The number of carbonyl (C=O) groups excluding carboxylic acids is 1. The van der Waals surface area contributed by atoms with E-state index in [9.17, 15) is 25.0 Å². The molecule has 2 fully saturated rings. The smallest absolute Gasteiger partial charge is 0.309 e. The van der Waals surface area contributed by atoms with Crippen molar-refractivity contribution in [2.45, 2.75) is 82.4 Å². The van der Waals surface area contributed by atoms with E-state index in [1.807, 2.05) is 0 Å². The summed E-state index contributed by atoms with van der Waals surface area (Å²) in [5.74, 6) is -2.77. The van der Waals surface area contributed by atoms with Crippen LogP contribution in [0.1, 0.15) is 58.3 Å². The Hall–Kier alpha value is -2.21. The third-order valence-electron chi connectivity index (χ3n) is 4.74. The van der Waals surface area contributed by atoms with Crippen LogP contribution < -0.4 is 0 Å². The molecule has 0 unspecified atom stereocenters. The van der Waals surface area contributed by atoms with Gasteiger partial charge in [0, 0.05) is 6.42 Å². The van der Waals surface area contributed by atoms with E-state index in [-0.39, 0.29) is 13.0 Å². The van der Waals surface area contributed by atoms with Gasteiger partial charge in [0.1, 0.15) is 12.7 Å². The van der Waals surface area contributed by atoms with Gasteiger partial charge in [-0.25, -0.2) is 0 Å². The van der Waals surface area contributed by atoms with Gasteiger partial charge >= 0.3 is 11.8 Å². The highest BCUT2D eigenvalue weighted by Crippen LogP contribution is 2.39. The molecule has 0 N–H and O–H groups in total. The molecule has 0 saturated carbocycles. The molecule has 12 heteroatoms. The van der Waals surface area contributed by atoms with Gasteiger partial charge in [-0.05, 0) is 6.42 Å². The molecule has 0 aliphatic carbocycles. The lowest BCUT2D eigenvalue weighted by molar-refractivity contribution is -0.796. The maximum Gasteiger partial charge on any atom is 0.309 e. The lowest BCUT2D eigenvalue weighted by Gasteiger charge is -2.29. The molecule has 2 heterocycles. The van der Waals surface area contributed by atoms with Gasteiger partial charge in [0.2, 0.25) is 0 Å². The van der Waals surface area contributed by atoms with Crippen molar-refractivity contribution in [2.24, 2.45) is 0 Å². The van der Waals surface area contributed by atoms with E-state index in [0.29, 0.717) is 6.42 Å². The molecule has 2 saturated heterocycles. The van der Waals surface area contributed by atoms with E-state index in [4.69, 9.17) is 14.2 Å². The summed E-state index contributed by atoms with van der Waals surface area (Å²) < 4.78 is 15.9. The normalized spacial score (nSPS) is 28.5. The Balaban J connectivity index is 1.87. The average Bonchev–Trinajstić information content (AvgIpc) is 3.15. The predicted octanol–water partition coefficient (Wildman–Crippen LogP) is 1.95. The lowest BCUT2D eigenvalue weighted by Crippen LogP contribution is -2.51. The fraction of sp³-hybridized carbons (Fsp3) is 0.938. The number of nitrogens with zero attached hydrogens (tertiary/aromatic N) is 2. The summed E-state index contributed by atoms with van der Waals surface area (Å²) in [6.07, 6.45) is 3.81. The van der Waals surface area contributed by atoms with Crippen LogP contribution in [0, 0.1) is 20.2 Å². The minimum Gasteiger partial charge on any atom is -0.427 e. The van der Waals surface area contributed by atoms with Crippen LogP contribution in [0.25, 0.3) is 0 Å². The summed E-state index contributed by atoms with van der Waals surface area (Å²) in [5.41, 5.74) is 0. The lowest BCUT2D eigenvalue weighted by atomic mass is 10.1. The highest BCUT2D eigenvalue weighted by Gasteiger charge is 2.63. The van der Waals surface area contributed by atoms with Gasteiger partial charge in [0.05, 0.1) is 6.61 Å². The molecule has 4 atom stereocenters. The fourth-order valence-corrected chi connectivity index (χ4v) is 3.43. The Morgan fingerprint density at radius 2 is 1.75 bits per heavy atom. The fourth-order valence-electron chi connectivity index (χ4n) is 3.43. The Kier molecular flexibility index (Phi) is 8.18. The molecular formula is C16H26N2O10. The number of hydrogen-bond donors (Lipinski definition) is 0. The number of hydrogen-bond acceptors (Lipinski definition) is 10. The first kappa shape index (κ1) is 22.1. The van der Waals surface area contributed by atoms with Gasteiger partial charge in [-0.2, -0.15) is 0 Å². The van der Waals surface area contributed by atoms with Gasteiger partial charge in [-0.1, -0.05) is 45.4 Å². The van der Waals surface area contributed by atoms with Crippen LogP contribution in [0.2, 0.25) is 0 Å². The highest BCUT2D eigenvalue weighted by molar-refractivity contribution is 5.69. The minimum atomic E-state index is -2.10. The second-order valence-electron chi connectivity index (χ2n) is 6.87. The van der Waals surface area contributed by atoms with Gasteiger partial charge in [-0.3, -0.25) is 9.63 Å². The van der Waals surface area contributed by atoms with E-state index >= 15 is 0 Å². The molecule has 0 spiro atoms. The topological polar surface area (TPSA) is 150 Å². The van der Waals surface area contributed by atoms with Crippen LogP contribution in [0.4, 0.5) is 0 Å². The van der Waals surface area contributed by atoms with Crippen LogP contribution in [-0.4, -0.2) is 53.5 Å². The Labute approximate surface area is 161 Å². The van der Waals surface area contributed by atoms with Crippen molar-refractivity contribution >= 4 is 5.97 Å². The Morgan fingerprint density at radius 1 is 1.07 bits per heavy atom. The monoisotopic (exact) mass is 406 g/mol. The van der Waals surface area contributed by atoms with Crippen molar-refractivity contribution in [3.8, 4) is 0 Å². The zero-order chi connectivity index (χ0) is 20.6. The van der Waals surface area contributed by atoms with Crippen molar-refractivity contribution < 1.29 is 38.9 Å². The largest absolute Gasteiger partial charge is 0.427 e. The molecule has 2 aliphatic rings. The predicted molar refractivity (Wildman–Crippen MR) is 90.9 cm³/mol. The zero-order valence-electron chi connectivity index (χ0n) is 15.8. The standard InChI is InChI=1S/C16H26N2O10/c1-2-3-4-5-6-7-8-9-13(19)26-16(28-18(22)23)11-25-14-12(27-17(20)21)10-24-15(14)16/h12,14-15H,2-11H2,1H3/t12-,14-,15+,16-/m1/s1. The number of fused-ring (bicyclic) bond motifs is 1. The average molecular weight is 406 g/mol. The van der Waals surface area contributed by atoms with Gasteiger partial charge in [-0.15, -0.1) is 20.2 Å². The summed E-state index contributed by atoms with van der Waals surface area (Å²) in [7, 11) is 0. The van der Waals surface area contributed by atoms with Crippen molar-refractivity contribution in [1.82, 2.24) is 0 Å². The molecular weight excluding hydrogens is 380 g/mol. The van der Waals surface area contributed by atoms with Gasteiger partial charge in [0.25, 0.3) is 10.2 Å². The maximum absolute atomic E-state index is 12.2. The second-order valence-corrected chi connectivity index (χ2v) is 6.87. The van der Waals surface area contributed by atoms with E-state index in [2.05, 4.69) is 16.6 Å². The maximum atomic E-state index is 12.2. The number of carbonyl (C=O) groups is 1. The highest BCUT2D eigenvalue weighted by atomic mass is 17.0. The van der Waals surface area contributed by atoms with E-state index < -0.39 is 46.8 Å². The van der Waals surface area contributed by atoms with Crippen LogP contribution in [-0.2, 0) is 28.7 Å². The van der Waals surface area contributed by atoms with E-state index in [1.165, 1.54) is 6.42 Å². The van der Waals surface area contributed by atoms with Crippen molar-refractivity contribution in [3.05, 3.63) is 20.2 Å².